The van der Waals surface area contributed by atoms with Gasteiger partial charge in [0.2, 0.25) is 0 Å². The lowest BCUT2D eigenvalue weighted by Gasteiger charge is -2.08. The zero-order valence-corrected chi connectivity index (χ0v) is 13.0. The van der Waals surface area contributed by atoms with Crippen molar-refractivity contribution >= 4 is 16.7 Å². The Kier molecular flexibility index (Phi) is 3.63. The summed E-state index contributed by atoms with van der Waals surface area (Å²) in [6.45, 7) is 0.698. The van der Waals surface area contributed by atoms with Gasteiger partial charge in [0.05, 0.1) is 11.0 Å². The van der Waals surface area contributed by atoms with Crippen LogP contribution in [-0.2, 0) is 6.54 Å². The van der Waals surface area contributed by atoms with E-state index in [0.717, 1.165) is 33.7 Å². The molecule has 0 spiro atoms. The van der Waals surface area contributed by atoms with Gasteiger partial charge in [-0.1, -0.05) is 36.4 Å². The molecule has 0 amide bonds. The first kappa shape index (κ1) is 14.3. The number of H-pyrrole nitrogens is 1. The number of phenols is 1. The van der Waals surface area contributed by atoms with Gasteiger partial charge in [-0.2, -0.15) is 0 Å². The van der Waals surface area contributed by atoms with Crippen LogP contribution in [0.5, 0.6) is 5.75 Å². The van der Waals surface area contributed by atoms with Crippen LogP contribution in [0.1, 0.15) is 5.56 Å². The van der Waals surface area contributed by atoms with Crippen LogP contribution < -0.4 is 5.32 Å². The van der Waals surface area contributed by atoms with Gasteiger partial charge >= 0.3 is 0 Å². The number of aromatic hydroxyl groups is 1. The van der Waals surface area contributed by atoms with Gasteiger partial charge in [-0.25, -0.2) is 4.98 Å². The molecule has 0 unspecified atom stereocenters. The van der Waals surface area contributed by atoms with Crippen molar-refractivity contribution in [2.45, 2.75) is 6.54 Å². The summed E-state index contributed by atoms with van der Waals surface area (Å²) in [5.74, 6) is 1.15. The van der Waals surface area contributed by atoms with Crippen LogP contribution in [0, 0.1) is 0 Å². The second-order valence-electron chi connectivity index (χ2n) is 5.70. The Morgan fingerprint density at radius 2 is 1.75 bits per heavy atom. The number of para-hydroxylation sites is 2. The highest BCUT2D eigenvalue weighted by Crippen LogP contribution is 2.23. The normalized spacial score (nSPS) is 10.8. The predicted molar refractivity (Wildman–Crippen MR) is 97.0 cm³/mol. The Labute approximate surface area is 139 Å². The molecule has 0 radical (unpaired) electrons. The molecule has 0 atom stereocenters. The molecule has 4 nitrogen and oxygen atoms in total. The van der Waals surface area contributed by atoms with E-state index in [2.05, 4.69) is 21.4 Å². The number of anilines is 1. The number of aromatic amines is 1. The molecule has 0 bridgehead atoms. The van der Waals surface area contributed by atoms with E-state index in [-0.39, 0.29) is 5.75 Å². The SMILES string of the molecule is Oc1ccc(CNc2cccc(-c3nc4ccccc4[nH]3)c2)cc1. The number of hydrogen-bond donors (Lipinski definition) is 3. The average molecular weight is 315 g/mol. The van der Waals surface area contributed by atoms with E-state index in [1.807, 2.05) is 54.6 Å². The maximum absolute atomic E-state index is 9.33. The van der Waals surface area contributed by atoms with Gasteiger partial charge in [0.1, 0.15) is 11.6 Å². The van der Waals surface area contributed by atoms with Gasteiger partial charge in [0.15, 0.2) is 0 Å². The molecule has 1 heterocycles. The minimum absolute atomic E-state index is 0.283. The maximum Gasteiger partial charge on any atom is 0.138 e. The van der Waals surface area contributed by atoms with Crippen LogP contribution in [0.4, 0.5) is 5.69 Å². The van der Waals surface area contributed by atoms with Crippen LogP contribution in [0.3, 0.4) is 0 Å². The van der Waals surface area contributed by atoms with Gasteiger partial charge in [-0.05, 0) is 42.0 Å². The number of benzene rings is 3. The summed E-state index contributed by atoms with van der Waals surface area (Å²) in [4.78, 5) is 7.99. The lowest BCUT2D eigenvalue weighted by molar-refractivity contribution is 0.475. The van der Waals surface area contributed by atoms with Crippen molar-refractivity contribution in [3.05, 3.63) is 78.4 Å². The topological polar surface area (TPSA) is 60.9 Å². The molecule has 3 aromatic carbocycles. The second kappa shape index (κ2) is 6.08. The highest BCUT2D eigenvalue weighted by molar-refractivity contribution is 5.79. The highest BCUT2D eigenvalue weighted by atomic mass is 16.3. The lowest BCUT2D eigenvalue weighted by atomic mass is 10.1. The molecule has 0 saturated carbocycles. The van der Waals surface area contributed by atoms with Crippen molar-refractivity contribution in [2.24, 2.45) is 0 Å². The van der Waals surface area contributed by atoms with Crippen LogP contribution in [-0.4, -0.2) is 15.1 Å². The molecule has 4 rings (SSSR count). The maximum atomic E-state index is 9.33. The third-order valence-corrected chi connectivity index (χ3v) is 3.96. The molecular formula is C20H17N3O. The summed E-state index contributed by atoms with van der Waals surface area (Å²) in [5, 5.41) is 12.7. The Balaban J connectivity index is 1.55. The standard InChI is InChI=1S/C20H17N3O/c24-17-10-8-14(9-11-17)13-21-16-5-3-4-15(12-16)20-22-18-6-1-2-7-19(18)23-20/h1-12,21,24H,13H2,(H,22,23). The zero-order chi connectivity index (χ0) is 16.4. The zero-order valence-electron chi connectivity index (χ0n) is 13.0. The number of rotatable bonds is 4. The summed E-state index contributed by atoms with van der Waals surface area (Å²) >= 11 is 0. The van der Waals surface area contributed by atoms with E-state index in [0.29, 0.717) is 6.54 Å². The average Bonchev–Trinajstić information content (AvgIpc) is 3.06. The van der Waals surface area contributed by atoms with E-state index in [9.17, 15) is 5.11 Å². The van der Waals surface area contributed by atoms with E-state index < -0.39 is 0 Å². The molecule has 24 heavy (non-hydrogen) atoms. The number of aromatic nitrogens is 2. The number of nitrogens with zero attached hydrogens (tertiary/aromatic N) is 1. The third-order valence-electron chi connectivity index (χ3n) is 3.96. The smallest absolute Gasteiger partial charge is 0.138 e. The van der Waals surface area contributed by atoms with Crippen molar-refractivity contribution < 1.29 is 5.11 Å². The number of imidazole rings is 1. The van der Waals surface area contributed by atoms with Crippen LogP contribution >= 0.6 is 0 Å². The van der Waals surface area contributed by atoms with Gasteiger partial charge in [-0.3, -0.25) is 0 Å². The molecule has 0 fully saturated rings. The molecule has 1 aromatic heterocycles. The first-order valence-corrected chi connectivity index (χ1v) is 7.85. The number of hydrogen-bond acceptors (Lipinski definition) is 3. The second-order valence-corrected chi connectivity index (χ2v) is 5.70. The molecule has 0 aliphatic rings. The summed E-state index contributed by atoms with van der Waals surface area (Å²) in [6, 6.07) is 23.4. The quantitative estimate of drug-likeness (QED) is 0.518. The minimum atomic E-state index is 0.283. The van der Waals surface area contributed by atoms with E-state index in [1.165, 1.54) is 0 Å². The summed E-state index contributed by atoms with van der Waals surface area (Å²) < 4.78 is 0. The molecular weight excluding hydrogens is 298 g/mol. The first-order valence-electron chi connectivity index (χ1n) is 7.85. The molecule has 0 saturated heterocycles. The lowest BCUT2D eigenvalue weighted by Crippen LogP contribution is -1.99. The highest BCUT2D eigenvalue weighted by Gasteiger charge is 2.05. The summed E-state index contributed by atoms with van der Waals surface area (Å²) in [5.41, 5.74) is 5.19. The summed E-state index contributed by atoms with van der Waals surface area (Å²) in [7, 11) is 0. The number of nitrogens with one attached hydrogen (secondary N) is 2. The van der Waals surface area contributed by atoms with Gasteiger partial charge in [0.25, 0.3) is 0 Å². The third kappa shape index (κ3) is 2.94. The minimum Gasteiger partial charge on any atom is -0.508 e. The summed E-state index contributed by atoms with van der Waals surface area (Å²) in [6.07, 6.45) is 0. The molecule has 4 heteroatoms. The van der Waals surface area contributed by atoms with Crippen molar-refractivity contribution in [2.75, 3.05) is 5.32 Å². The van der Waals surface area contributed by atoms with Crippen molar-refractivity contribution in [3.8, 4) is 17.1 Å². The fourth-order valence-corrected chi connectivity index (χ4v) is 2.68. The molecule has 3 N–H and O–H groups in total. The van der Waals surface area contributed by atoms with Crippen molar-refractivity contribution in [1.82, 2.24) is 9.97 Å². The van der Waals surface area contributed by atoms with Gasteiger partial charge in [0, 0.05) is 17.8 Å². The first-order chi connectivity index (χ1) is 11.8. The van der Waals surface area contributed by atoms with E-state index >= 15 is 0 Å². The van der Waals surface area contributed by atoms with E-state index in [4.69, 9.17) is 0 Å². The fraction of sp³-hybridized carbons (Fsp3) is 0.0500. The Morgan fingerprint density at radius 3 is 2.58 bits per heavy atom. The largest absolute Gasteiger partial charge is 0.508 e. The van der Waals surface area contributed by atoms with Gasteiger partial charge in [-0.15, -0.1) is 0 Å². The van der Waals surface area contributed by atoms with Crippen LogP contribution in [0.15, 0.2) is 72.8 Å². The fourth-order valence-electron chi connectivity index (χ4n) is 2.68. The van der Waals surface area contributed by atoms with Crippen LogP contribution in [0.2, 0.25) is 0 Å². The number of fused-ring (bicyclic) bond motifs is 1. The predicted octanol–water partition coefficient (Wildman–Crippen LogP) is 4.55. The Bertz CT molecular complexity index is 941. The van der Waals surface area contributed by atoms with Crippen LogP contribution in [0.25, 0.3) is 22.4 Å². The monoisotopic (exact) mass is 315 g/mol. The Hall–Kier alpha value is -3.27. The van der Waals surface area contributed by atoms with E-state index in [1.54, 1.807) is 12.1 Å². The molecule has 118 valence electrons. The molecule has 0 aliphatic carbocycles. The molecule has 0 aliphatic heterocycles. The molecule has 4 aromatic rings. The van der Waals surface area contributed by atoms with Crippen molar-refractivity contribution in [1.29, 1.82) is 0 Å². The Morgan fingerprint density at radius 1 is 0.917 bits per heavy atom. The van der Waals surface area contributed by atoms with Crippen molar-refractivity contribution in [3.63, 3.8) is 0 Å². The number of phenolic OH excluding ortho intramolecular Hbond substituents is 1. The van der Waals surface area contributed by atoms with Gasteiger partial charge < -0.3 is 15.4 Å².